The van der Waals surface area contributed by atoms with Crippen molar-refractivity contribution in [3.63, 3.8) is 0 Å². The average molecular weight is 193 g/mol. The lowest BCUT2D eigenvalue weighted by Gasteiger charge is -2.06. The molecule has 1 aromatic heterocycles. The number of ether oxygens (including phenoxy) is 1. The van der Waals surface area contributed by atoms with E-state index in [1.807, 2.05) is 0 Å². The number of hydrogen-bond donors (Lipinski definition) is 1. The van der Waals surface area contributed by atoms with Crippen molar-refractivity contribution in [1.29, 1.82) is 0 Å². The summed E-state index contributed by atoms with van der Waals surface area (Å²) < 4.78 is 5.25. The first-order chi connectivity index (χ1) is 6.75. The first-order valence-electron chi connectivity index (χ1n) is 4.16. The van der Waals surface area contributed by atoms with Gasteiger partial charge in [0, 0.05) is 12.4 Å². The molecule has 74 valence electrons. The van der Waals surface area contributed by atoms with Crippen LogP contribution in [0.15, 0.2) is 31.1 Å². The van der Waals surface area contributed by atoms with Crippen molar-refractivity contribution in [1.82, 2.24) is 4.98 Å². The number of pyridine rings is 1. The lowest BCUT2D eigenvalue weighted by Crippen LogP contribution is -2.04. The van der Waals surface area contributed by atoms with Gasteiger partial charge in [0.25, 0.3) is 0 Å². The van der Waals surface area contributed by atoms with E-state index >= 15 is 0 Å². The largest absolute Gasteiger partial charge is 0.492 e. The molecule has 0 aliphatic heterocycles. The number of aromatic carboxylic acids is 1. The summed E-state index contributed by atoms with van der Waals surface area (Å²) in [6.07, 6.45) is 5.16. The van der Waals surface area contributed by atoms with Crippen LogP contribution in [-0.2, 0) is 0 Å². The Bertz CT molecular complexity index is 336. The van der Waals surface area contributed by atoms with Crippen molar-refractivity contribution >= 4 is 5.97 Å². The minimum Gasteiger partial charge on any atom is -0.492 e. The lowest BCUT2D eigenvalue weighted by molar-refractivity contribution is 0.0692. The SMILES string of the molecule is C=CCCOc1ccncc1C(=O)O. The summed E-state index contributed by atoms with van der Waals surface area (Å²) in [7, 11) is 0. The summed E-state index contributed by atoms with van der Waals surface area (Å²) in [5.74, 6) is -0.693. The molecule has 0 fully saturated rings. The topological polar surface area (TPSA) is 59.4 Å². The zero-order chi connectivity index (χ0) is 10.4. The number of carboxylic acid groups (broad SMARTS) is 1. The van der Waals surface area contributed by atoms with Crippen LogP contribution in [0.1, 0.15) is 16.8 Å². The molecule has 0 atom stereocenters. The maximum atomic E-state index is 10.7. The molecule has 1 heterocycles. The maximum absolute atomic E-state index is 10.7. The van der Waals surface area contributed by atoms with E-state index in [2.05, 4.69) is 11.6 Å². The fraction of sp³-hybridized carbons (Fsp3) is 0.200. The minimum atomic E-state index is -1.04. The van der Waals surface area contributed by atoms with Gasteiger partial charge in [-0.15, -0.1) is 6.58 Å². The molecule has 0 spiro atoms. The monoisotopic (exact) mass is 193 g/mol. The Labute approximate surface area is 81.9 Å². The molecule has 1 rings (SSSR count). The van der Waals surface area contributed by atoms with Crippen LogP contribution in [0.5, 0.6) is 5.75 Å². The van der Waals surface area contributed by atoms with E-state index in [0.717, 1.165) is 0 Å². The molecule has 14 heavy (non-hydrogen) atoms. The van der Waals surface area contributed by atoms with Crippen molar-refractivity contribution in [3.8, 4) is 5.75 Å². The Morgan fingerprint density at radius 3 is 3.14 bits per heavy atom. The summed E-state index contributed by atoms with van der Waals surface area (Å²) >= 11 is 0. The van der Waals surface area contributed by atoms with Crippen LogP contribution in [0.3, 0.4) is 0 Å². The van der Waals surface area contributed by atoms with E-state index in [1.54, 1.807) is 6.08 Å². The first kappa shape index (κ1) is 10.2. The number of nitrogens with zero attached hydrogens (tertiary/aromatic N) is 1. The highest BCUT2D eigenvalue weighted by Crippen LogP contribution is 2.16. The molecule has 0 saturated heterocycles. The van der Waals surface area contributed by atoms with Gasteiger partial charge in [-0.05, 0) is 12.5 Å². The standard InChI is InChI=1S/C10H11NO3/c1-2-3-6-14-9-4-5-11-7-8(9)10(12)13/h2,4-5,7H,1,3,6H2,(H,12,13). The predicted molar refractivity (Wildman–Crippen MR) is 51.5 cm³/mol. The molecule has 0 amide bonds. The van der Waals surface area contributed by atoms with Crippen LogP contribution in [-0.4, -0.2) is 22.7 Å². The van der Waals surface area contributed by atoms with E-state index in [9.17, 15) is 4.79 Å². The van der Waals surface area contributed by atoms with Gasteiger partial charge in [0.1, 0.15) is 11.3 Å². The maximum Gasteiger partial charge on any atom is 0.341 e. The predicted octanol–water partition coefficient (Wildman–Crippen LogP) is 1.73. The number of carbonyl (C=O) groups is 1. The van der Waals surface area contributed by atoms with Gasteiger partial charge in [-0.1, -0.05) is 6.08 Å². The van der Waals surface area contributed by atoms with Crippen LogP contribution in [0.25, 0.3) is 0 Å². The fourth-order valence-corrected chi connectivity index (χ4v) is 0.920. The highest BCUT2D eigenvalue weighted by atomic mass is 16.5. The van der Waals surface area contributed by atoms with Crippen molar-refractivity contribution in [3.05, 3.63) is 36.7 Å². The van der Waals surface area contributed by atoms with Crippen molar-refractivity contribution in [2.75, 3.05) is 6.61 Å². The Morgan fingerprint density at radius 1 is 1.71 bits per heavy atom. The van der Waals surface area contributed by atoms with Crippen molar-refractivity contribution < 1.29 is 14.6 Å². The summed E-state index contributed by atoms with van der Waals surface area (Å²) in [5.41, 5.74) is 0.0802. The molecule has 1 N–H and O–H groups in total. The third kappa shape index (κ3) is 2.58. The van der Waals surface area contributed by atoms with E-state index in [0.29, 0.717) is 18.8 Å². The molecule has 0 bridgehead atoms. The number of carboxylic acids is 1. The van der Waals surface area contributed by atoms with E-state index < -0.39 is 5.97 Å². The molecular weight excluding hydrogens is 182 g/mol. The van der Waals surface area contributed by atoms with Crippen LogP contribution < -0.4 is 4.74 Å². The minimum absolute atomic E-state index is 0.0802. The molecular formula is C10H11NO3. The summed E-state index contributed by atoms with van der Waals surface area (Å²) in [4.78, 5) is 14.4. The van der Waals surface area contributed by atoms with Gasteiger partial charge in [0.15, 0.2) is 0 Å². The van der Waals surface area contributed by atoms with Crippen molar-refractivity contribution in [2.45, 2.75) is 6.42 Å². The second-order valence-corrected chi connectivity index (χ2v) is 2.60. The smallest absolute Gasteiger partial charge is 0.341 e. The molecule has 0 unspecified atom stereocenters. The Morgan fingerprint density at radius 2 is 2.50 bits per heavy atom. The Kier molecular flexibility index (Phi) is 3.67. The number of hydrogen-bond acceptors (Lipinski definition) is 3. The van der Waals surface area contributed by atoms with Gasteiger partial charge in [0.2, 0.25) is 0 Å². The van der Waals surface area contributed by atoms with Crippen LogP contribution in [0.4, 0.5) is 0 Å². The highest BCUT2D eigenvalue weighted by Gasteiger charge is 2.09. The Balaban J connectivity index is 2.74. The molecule has 0 aliphatic rings. The third-order valence-corrected chi connectivity index (χ3v) is 1.59. The summed E-state index contributed by atoms with van der Waals surface area (Å²) in [6.45, 7) is 3.97. The molecule has 1 aromatic rings. The van der Waals surface area contributed by atoms with Crippen LogP contribution in [0, 0.1) is 0 Å². The van der Waals surface area contributed by atoms with Crippen LogP contribution >= 0.6 is 0 Å². The highest BCUT2D eigenvalue weighted by molar-refractivity contribution is 5.90. The van der Waals surface area contributed by atoms with Gasteiger partial charge in [-0.2, -0.15) is 0 Å². The van der Waals surface area contributed by atoms with E-state index in [-0.39, 0.29) is 5.56 Å². The van der Waals surface area contributed by atoms with Gasteiger partial charge in [-0.3, -0.25) is 4.98 Å². The van der Waals surface area contributed by atoms with Crippen molar-refractivity contribution in [2.24, 2.45) is 0 Å². The molecule has 0 radical (unpaired) electrons. The zero-order valence-corrected chi connectivity index (χ0v) is 7.64. The van der Waals surface area contributed by atoms with Gasteiger partial charge < -0.3 is 9.84 Å². The van der Waals surface area contributed by atoms with E-state index in [4.69, 9.17) is 9.84 Å². The molecule has 0 aliphatic carbocycles. The fourth-order valence-electron chi connectivity index (χ4n) is 0.920. The summed E-state index contributed by atoms with van der Waals surface area (Å²) in [6, 6.07) is 1.53. The van der Waals surface area contributed by atoms with E-state index in [1.165, 1.54) is 18.5 Å². The lowest BCUT2D eigenvalue weighted by atomic mass is 10.2. The van der Waals surface area contributed by atoms with Crippen LogP contribution in [0.2, 0.25) is 0 Å². The molecule has 0 aromatic carbocycles. The summed E-state index contributed by atoms with van der Waals surface area (Å²) in [5, 5.41) is 8.78. The quantitative estimate of drug-likeness (QED) is 0.571. The average Bonchev–Trinajstić information content (AvgIpc) is 2.19. The first-order valence-corrected chi connectivity index (χ1v) is 4.16. The van der Waals surface area contributed by atoms with Gasteiger partial charge >= 0.3 is 5.97 Å². The molecule has 4 nitrogen and oxygen atoms in total. The van der Waals surface area contributed by atoms with Gasteiger partial charge in [0.05, 0.1) is 6.61 Å². The number of rotatable bonds is 5. The molecule has 4 heteroatoms. The molecule has 0 saturated carbocycles. The normalized spacial score (nSPS) is 9.43. The third-order valence-electron chi connectivity index (χ3n) is 1.59. The second-order valence-electron chi connectivity index (χ2n) is 2.60. The Hall–Kier alpha value is -1.84. The zero-order valence-electron chi connectivity index (χ0n) is 7.64. The second kappa shape index (κ2) is 5.01. The van der Waals surface area contributed by atoms with Gasteiger partial charge in [-0.25, -0.2) is 4.79 Å². The number of aromatic nitrogens is 1.